The minimum atomic E-state index is -0.227. The van der Waals surface area contributed by atoms with Crippen molar-refractivity contribution >= 4 is 0 Å². The van der Waals surface area contributed by atoms with Crippen molar-refractivity contribution in [3.63, 3.8) is 0 Å². The molecule has 0 aromatic carbocycles. The molecule has 0 amide bonds. The number of aliphatic hydroxyl groups is 1. The Balaban J connectivity index is 2.60. The van der Waals surface area contributed by atoms with Crippen LogP contribution in [0.4, 0.5) is 0 Å². The molecule has 3 nitrogen and oxygen atoms in total. The van der Waals surface area contributed by atoms with Crippen LogP contribution in [0.1, 0.15) is 38.9 Å². The highest BCUT2D eigenvalue weighted by molar-refractivity contribution is 5.11. The molecular weight excluding hydrogens is 188 g/mol. The third-order valence-electron chi connectivity index (χ3n) is 2.61. The third-order valence-corrected chi connectivity index (χ3v) is 2.61. The summed E-state index contributed by atoms with van der Waals surface area (Å²) in [4.78, 5) is 0. The van der Waals surface area contributed by atoms with Crippen LogP contribution in [0.2, 0.25) is 0 Å². The summed E-state index contributed by atoms with van der Waals surface area (Å²) >= 11 is 0. The summed E-state index contributed by atoms with van der Waals surface area (Å²) in [6, 6.07) is 4.57. The van der Waals surface area contributed by atoms with Crippen LogP contribution >= 0.6 is 0 Å². The van der Waals surface area contributed by atoms with Crippen molar-refractivity contribution in [3.05, 3.63) is 24.0 Å². The minimum absolute atomic E-state index is 0.227. The maximum atomic E-state index is 9.26. The summed E-state index contributed by atoms with van der Waals surface area (Å²) in [5.74, 6) is 0. The van der Waals surface area contributed by atoms with Gasteiger partial charge < -0.3 is 15.0 Å². The molecule has 0 spiro atoms. The fourth-order valence-electron chi connectivity index (χ4n) is 1.76. The van der Waals surface area contributed by atoms with Crippen LogP contribution in [-0.4, -0.2) is 22.3 Å². The van der Waals surface area contributed by atoms with E-state index < -0.39 is 0 Å². The Hall–Kier alpha value is -0.800. The number of hydrogen-bond acceptors (Lipinski definition) is 2. The van der Waals surface area contributed by atoms with Gasteiger partial charge in [0.25, 0.3) is 0 Å². The van der Waals surface area contributed by atoms with Gasteiger partial charge in [-0.1, -0.05) is 6.92 Å². The van der Waals surface area contributed by atoms with Crippen molar-refractivity contribution < 1.29 is 5.11 Å². The molecule has 0 fully saturated rings. The monoisotopic (exact) mass is 210 g/mol. The van der Waals surface area contributed by atoms with Gasteiger partial charge >= 0.3 is 0 Å². The summed E-state index contributed by atoms with van der Waals surface area (Å²) in [6.45, 7) is 7.96. The largest absolute Gasteiger partial charge is 0.393 e. The summed E-state index contributed by atoms with van der Waals surface area (Å²) in [5.41, 5.74) is 1.29. The number of rotatable bonds is 6. The number of aliphatic hydroxyl groups excluding tert-OH is 1. The molecule has 2 N–H and O–H groups in total. The predicted molar refractivity (Wildman–Crippen MR) is 62.8 cm³/mol. The van der Waals surface area contributed by atoms with E-state index in [1.54, 1.807) is 0 Å². The first-order valence-corrected chi connectivity index (χ1v) is 5.71. The molecule has 0 saturated carbocycles. The van der Waals surface area contributed by atoms with Crippen molar-refractivity contribution in [1.82, 2.24) is 9.88 Å². The molecule has 0 aliphatic heterocycles. The number of hydrogen-bond donors (Lipinski definition) is 2. The van der Waals surface area contributed by atoms with Gasteiger partial charge in [0.05, 0.1) is 6.10 Å². The fourth-order valence-corrected chi connectivity index (χ4v) is 1.76. The van der Waals surface area contributed by atoms with E-state index in [4.69, 9.17) is 0 Å². The highest BCUT2D eigenvalue weighted by Crippen LogP contribution is 2.14. The first-order chi connectivity index (χ1) is 7.15. The SMILES string of the molecule is CCNC(C)c1cccn1CCC(C)O. The normalized spacial score (nSPS) is 15.2. The van der Waals surface area contributed by atoms with E-state index >= 15 is 0 Å². The second-order valence-corrected chi connectivity index (χ2v) is 4.04. The Morgan fingerprint density at radius 3 is 2.80 bits per heavy atom. The average Bonchev–Trinajstić information content (AvgIpc) is 2.62. The fraction of sp³-hybridized carbons (Fsp3) is 0.667. The van der Waals surface area contributed by atoms with Gasteiger partial charge in [0.1, 0.15) is 0 Å². The van der Waals surface area contributed by atoms with Crippen molar-refractivity contribution in [1.29, 1.82) is 0 Å². The van der Waals surface area contributed by atoms with Gasteiger partial charge in [-0.05, 0) is 38.9 Å². The smallest absolute Gasteiger partial charge is 0.0529 e. The summed E-state index contributed by atoms with van der Waals surface area (Å²) < 4.78 is 2.21. The van der Waals surface area contributed by atoms with Crippen molar-refractivity contribution in [2.24, 2.45) is 0 Å². The molecule has 15 heavy (non-hydrogen) atoms. The number of aromatic nitrogens is 1. The first-order valence-electron chi connectivity index (χ1n) is 5.71. The van der Waals surface area contributed by atoms with Gasteiger partial charge in [0, 0.05) is 24.5 Å². The van der Waals surface area contributed by atoms with E-state index in [9.17, 15) is 5.11 Å². The summed E-state index contributed by atoms with van der Waals surface area (Å²) in [7, 11) is 0. The molecule has 1 aromatic heterocycles. The van der Waals surface area contributed by atoms with Crippen LogP contribution in [0.5, 0.6) is 0 Å². The van der Waals surface area contributed by atoms with Gasteiger partial charge in [-0.2, -0.15) is 0 Å². The molecule has 1 rings (SSSR count). The van der Waals surface area contributed by atoms with Crippen LogP contribution in [0, 0.1) is 0 Å². The predicted octanol–water partition coefficient (Wildman–Crippen LogP) is 1.93. The molecule has 0 aliphatic carbocycles. The molecule has 2 atom stereocenters. The molecule has 3 heteroatoms. The Bertz CT molecular complexity index is 281. The molecule has 0 bridgehead atoms. The highest BCUT2D eigenvalue weighted by atomic mass is 16.3. The van der Waals surface area contributed by atoms with Crippen LogP contribution < -0.4 is 5.32 Å². The van der Waals surface area contributed by atoms with E-state index in [1.165, 1.54) is 5.69 Å². The maximum Gasteiger partial charge on any atom is 0.0529 e. The lowest BCUT2D eigenvalue weighted by Gasteiger charge is -2.16. The number of aryl methyl sites for hydroxylation is 1. The standard InChI is InChI=1S/C12H22N2O/c1-4-13-11(3)12-6-5-8-14(12)9-7-10(2)15/h5-6,8,10-11,13,15H,4,7,9H2,1-3H3. The Morgan fingerprint density at radius 2 is 2.20 bits per heavy atom. The lowest BCUT2D eigenvalue weighted by atomic mass is 10.2. The zero-order valence-electron chi connectivity index (χ0n) is 9.90. The van der Waals surface area contributed by atoms with Crippen molar-refractivity contribution in [2.75, 3.05) is 6.54 Å². The van der Waals surface area contributed by atoms with Crippen LogP contribution in [0.25, 0.3) is 0 Å². The van der Waals surface area contributed by atoms with Crippen molar-refractivity contribution in [3.8, 4) is 0 Å². The molecule has 0 radical (unpaired) electrons. The van der Waals surface area contributed by atoms with E-state index in [0.29, 0.717) is 6.04 Å². The number of nitrogens with one attached hydrogen (secondary N) is 1. The zero-order valence-corrected chi connectivity index (χ0v) is 9.90. The van der Waals surface area contributed by atoms with E-state index in [2.05, 4.69) is 42.1 Å². The van der Waals surface area contributed by atoms with E-state index in [-0.39, 0.29) is 6.10 Å². The van der Waals surface area contributed by atoms with Gasteiger partial charge in [-0.15, -0.1) is 0 Å². The Kier molecular flexibility index (Phi) is 4.85. The summed E-state index contributed by atoms with van der Waals surface area (Å²) in [6.07, 6.45) is 2.65. The Morgan fingerprint density at radius 1 is 1.47 bits per heavy atom. The second-order valence-electron chi connectivity index (χ2n) is 4.04. The topological polar surface area (TPSA) is 37.2 Å². The van der Waals surface area contributed by atoms with Crippen LogP contribution in [0.3, 0.4) is 0 Å². The molecule has 86 valence electrons. The molecule has 2 unspecified atom stereocenters. The first kappa shape index (κ1) is 12.3. The third kappa shape index (κ3) is 3.68. The second kappa shape index (κ2) is 5.93. The number of nitrogens with zero attached hydrogens (tertiary/aromatic N) is 1. The zero-order chi connectivity index (χ0) is 11.3. The van der Waals surface area contributed by atoms with Gasteiger partial charge in [0.2, 0.25) is 0 Å². The lowest BCUT2D eigenvalue weighted by molar-refractivity contribution is 0.177. The molecule has 0 saturated heterocycles. The molecular formula is C12H22N2O. The highest BCUT2D eigenvalue weighted by Gasteiger charge is 2.08. The summed E-state index contributed by atoms with van der Waals surface area (Å²) in [5, 5.41) is 12.6. The quantitative estimate of drug-likeness (QED) is 0.753. The van der Waals surface area contributed by atoms with E-state index in [0.717, 1.165) is 19.5 Å². The Labute approximate surface area is 92.1 Å². The van der Waals surface area contributed by atoms with E-state index in [1.807, 2.05) is 6.92 Å². The molecule has 0 aliphatic rings. The average molecular weight is 210 g/mol. The molecule has 1 heterocycles. The minimum Gasteiger partial charge on any atom is -0.393 e. The lowest BCUT2D eigenvalue weighted by Crippen LogP contribution is -2.21. The van der Waals surface area contributed by atoms with Gasteiger partial charge in [-0.3, -0.25) is 0 Å². The van der Waals surface area contributed by atoms with Gasteiger partial charge in [-0.25, -0.2) is 0 Å². The van der Waals surface area contributed by atoms with Gasteiger partial charge in [0.15, 0.2) is 0 Å². The van der Waals surface area contributed by atoms with Crippen LogP contribution in [-0.2, 0) is 6.54 Å². The molecule has 1 aromatic rings. The maximum absolute atomic E-state index is 9.26. The van der Waals surface area contributed by atoms with Crippen molar-refractivity contribution in [2.45, 2.75) is 45.9 Å². The van der Waals surface area contributed by atoms with Crippen LogP contribution in [0.15, 0.2) is 18.3 Å².